The monoisotopic (exact) mass is 483 g/mol. The highest BCUT2D eigenvalue weighted by atomic mass is 35.5. The molecule has 0 radical (unpaired) electrons. The highest BCUT2D eigenvalue weighted by molar-refractivity contribution is 6.30. The van der Waals surface area contributed by atoms with Crippen molar-refractivity contribution in [2.24, 2.45) is 0 Å². The molecular weight excluding hydrogens is 471 g/mol. The van der Waals surface area contributed by atoms with Crippen molar-refractivity contribution in [1.29, 1.82) is 5.26 Å². The Hall–Kier alpha value is -4.29. The van der Waals surface area contributed by atoms with Gasteiger partial charge in [-0.05, 0) is 72.3 Å². The molecule has 34 heavy (non-hydrogen) atoms. The second-order valence-corrected chi connectivity index (χ2v) is 7.43. The minimum atomic E-state index is -4.82. The lowest BCUT2D eigenvalue weighted by molar-refractivity contribution is -0.274. The SMILES string of the molecule is N#C/C(=C\c1ccc2noc(-c3ccc(Cl)cc3)c2c1)C(=O)Nc1ccc(OC(F)(F)F)cc1. The Morgan fingerprint density at radius 1 is 1.09 bits per heavy atom. The number of benzene rings is 3. The molecule has 3 aromatic carbocycles. The molecule has 0 saturated heterocycles. The van der Waals surface area contributed by atoms with Crippen molar-refractivity contribution in [3.63, 3.8) is 0 Å². The molecule has 0 aliphatic heterocycles. The predicted octanol–water partition coefficient (Wildman–Crippen LogP) is 6.59. The van der Waals surface area contributed by atoms with Crippen molar-refractivity contribution in [3.05, 3.63) is 82.9 Å². The number of ether oxygens (including phenoxy) is 1. The number of alkyl halides is 3. The topological polar surface area (TPSA) is 88.2 Å². The zero-order chi connectivity index (χ0) is 24.3. The van der Waals surface area contributed by atoms with E-state index in [4.69, 9.17) is 16.1 Å². The van der Waals surface area contributed by atoms with E-state index in [1.165, 1.54) is 18.2 Å². The Kier molecular flexibility index (Phi) is 6.25. The van der Waals surface area contributed by atoms with Crippen molar-refractivity contribution in [1.82, 2.24) is 5.16 Å². The van der Waals surface area contributed by atoms with Gasteiger partial charge < -0.3 is 14.6 Å². The summed E-state index contributed by atoms with van der Waals surface area (Å²) in [4.78, 5) is 12.5. The number of fused-ring (bicyclic) bond motifs is 1. The van der Waals surface area contributed by atoms with Crippen LogP contribution in [-0.4, -0.2) is 17.4 Å². The lowest BCUT2D eigenvalue weighted by Crippen LogP contribution is -2.17. The maximum atomic E-state index is 12.5. The molecule has 0 saturated carbocycles. The number of nitrogens with one attached hydrogen (secondary N) is 1. The van der Waals surface area contributed by atoms with E-state index in [0.29, 0.717) is 27.2 Å². The third-order valence-electron chi connectivity index (χ3n) is 4.63. The molecule has 4 aromatic rings. The molecule has 0 bridgehead atoms. The fraction of sp³-hybridized carbons (Fsp3) is 0.0417. The van der Waals surface area contributed by atoms with Gasteiger partial charge in [0, 0.05) is 16.3 Å². The highest BCUT2D eigenvalue weighted by Crippen LogP contribution is 2.31. The summed E-state index contributed by atoms with van der Waals surface area (Å²) in [7, 11) is 0. The fourth-order valence-electron chi connectivity index (χ4n) is 3.11. The predicted molar refractivity (Wildman–Crippen MR) is 120 cm³/mol. The number of carbonyl (C=O) groups is 1. The molecule has 1 N–H and O–H groups in total. The summed E-state index contributed by atoms with van der Waals surface area (Å²) in [5, 5.41) is 17.2. The number of hydrogen-bond donors (Lipinski definition) is 1. The molecule has 0 atom stereocenters. The van der Waals surface area contributed by atoms with Gasteiger partial charge in [0.1, 0.15) is 22.9 Å². The number of nitriles is 1. The van der Waals surface area contributed by atoms with Gasteiger partial charge in [-0.25, -0.2) is 0 Å². The third kappa shape index (κ3) is 5.36. The number of amides is 1. The molecule has 0 aliphatic rings. The molecule has 170 valence electrons. The van der Waals surface area contributed by atoms with Crippen molar-refractivity contribution < 1.29 is 27.2 Å². The van der Waals surface area contributed by atoms with Crippen LogP contribution < -0.4 is 10.1 Å². The van der Waals surface area contributed by atoms with Gasteiger partial charge in [-0.1, -0.05) is 22.8 Å². The van der Waals surface area contributed by atoms with Gasteiger partial charge in [-0.2, -0.15) is 5.26 Å². The number of rotatable bonds is 5. The van der Waals surface area contributed by atoms with E-state index in [-0.39, 0.29) is 11.3 Å². The molecule has 6 nitrogen and oxygen atoms in total. The van der Waals surface area contributed by atoms with Crippen LogP contribution >= 0.6 is 11.6 Å². The summed E-state index contributed by atoms with van der Waals surface area (Å²) in [6, 6.07) is 18.5. The maximum absolute atomic E-state index is 12.5. The van der Waals surface area contributed by atoms with Crippen LogP contribution in [0.1, 0.15) is 5.56 Å². The molecule has 0 unspecified atom stereocenters. The summed E-state index contributed by atoms with van der Waals surface area (Å²) < 4.78 is 46.1. The van der Waals surface area contributed by atoms with Crippen molar-refractivity contribution in [2.75, 3.05) is 5.32 Å². The van der Waals surface area contributed by atoms with E-state index in [0.717, 1.165) is 17.7 Å². The van der Waals surface area contributed by atoms with Crippen LogP contribution in [-0.2, 0) is 4.79 Å². The van der Waals surface area contributed by atoms with Crippen LogP contribution in [0.3, 0.4) is 0 Å². The second-order valence-electron chi connectivity index (χ2n) is 6.99. The Morgan fingerprint density at radius 2 is 1.79 bits per heavy atom. The minimum absolute atomic E-state index is 0.195. The summed E-state index contributed by atoms with van der Waals surface area (Å²) in [5.74, 6) is -0.651. The van der Waals surface area contributed by atoms with Crippen molar-refractivity contribution in [2.45, 2.75) is 6.36 Å². The highest BCUT2D eigenvalue weighted by Gasteiger charge is 2.31. The summed E-state index contributed by atoms with van der Waals surface area (Å²) >= 11 is 5.94. The normalized spacial score (nSPS) is 11.8. The van der Waals surface area contributed by atoms with Crippen LogP contribution in [0.5, 0.6) is 5.75 Å². The fourth-order valence-corrected chi connectivity index (χ4v) is 3.24. The van der Waals surface area contributed by atoms with E-state index in [9.17, 15) is 23.2 Å². The van der Waals surface area contributed by atoms with Gasteiger partial charge in [-0.15, -0.1) is 13.2 Å². The average Bonchev–Trinajstić information content (AvgIpc) is 3.21. The molecule has 0 fully saturated rings. The maximum Gasteiger partial charge on any atom is 0.573 e. The van der Waals surface area contributed by atoms with Crippen LogP contribution in [0, 0.1) is 11.3 Å². The second kappa shape index (κ2) is 9.29. The first-order chi connectivity index (χ1) is 16.2. The first-order valence-electron chi connectivity index (χ1n) is 9.66. The standard InChI is InChI=1S/C24H13ClF3N3O3/c25-17-4-2-15(3-5-17)22-20-12-14(1-10-21(20)31-34-22)11-16(13-29)23(32)30-18-6-8-19(9-7-18)33-24(26,27)28/h1-12H,(H,30,32)/b16-11+. The van der Waals surface area contributed by atoms with Crippen LogP contribution in [0.2, 0.25) is 5.02 Å². The molecule has 10 heteroatoms. The Labute approximate surface area is 195 Å². The zero-order valence-electron chi connectivity index (χ0n) is 17.1. The third-order valence-corrected chi connectivity index (χ3v) is 4.88. The Bertz CT molecular complexity index is 1420. The summed E-state index contributed by atoms with van der Waals surface area (Å²) in [6.07, 6.45) is -3.44. The first-order valence-corrected chi connectivity index (χ1v) is 10.0. The van der Waals surface area contributed by atoms with Gasteiger partial charge in [0.15, 0.2) is 5.76 Å². The number of aromatic nitrogens is 1. The van der Waals surface area contributed by atoms with Gasteiger partial charge in [0.2, 0.25) is 0 Å². The molecule has 0 aliphatic carbocycles. The van der Waals surface area contributed by atoms with Crippen molar-refractivity contribution >= 4 is 40.2 Å². The number of halogens is 4. The van der Waals surface area contributed by atoms with Crippen LogP contribution in [0.4, 0.5) is 18.9 Å². The summed E-state index contributed by atoms with van der Waals surface area (Å²) in [6.45, 7) is 0. The Morgan fingerprint density at radius 3 is 2.44 bits per heavy atom. The zero-order valence-corrected chi connectivity index (χ0v) is 17.8. The minimum Gasteiger partial charge on any atom is -0.406 e. The number of nitrogens with zero attached hydrogens (tertiary/aromatic N) is 2. The van der Waals surface area contributed by atoms with E-state index in [1.807, 2.05) is 6.07 Å². The number of hydrogen-bond acceptors (Lipinski definition) is 5. The molecular formula is C24H13ClF3N3O3. The van der Waals surface area contributed by atoms with Gasteiger partial charge in [-0.3, -0.25) is 4.79 Å². The van der Waals surface area contributed by atoms with Crippen LogP contribution in [0.15, 0.2) is 76.8 Å². The molecule has 1 heterocycles. The van der Waals surface area contributed by atoms with Gasteiger partial charge in [0.05, 0.1) is 5.39 Å². The Balaban J connectivity index is 1.56. The number of carbonyl (C=O) groups excluding carboxylic acids is 1. The van der Waals surface area contributed by atoms with E-state index in [1.54, 1.807) is 42.5 Å². The molecule has 1 aromatic heterocycles. The average molecular weight is 484 g/mol. The lowest BCUT2D eigenvalue weighted by Gasteiger charge is -2.09. The van der Waals surface area contributed by atoms with E-state index < -0.39 is 18.0 Å². The van der Waals surface area contributed by atoms with Crippen LogP contribution in [0.25, 0.3) is 28.3 Å². The first kappa shape index (κ1) is 22.9. The van der Waals surface area contributed by atoms with E-state index >= 15 is 0 Å². The van der Waals surface area contributed by atoms with Crippen molar-refractivity contribution in [3.8, 4) is 23.1 Å². The molecule has 1 amide bonds. The smallest absolute Gasteiger partial charge is 0.406 e. The van der Waals surface area contributed by atoms with E-state index in [2.05, 4.69) is 15.2 Å². The largest absolute Gasteiger partial charge is 0.573 e. The summed E-state index contributed by atoms with van der Waals surface area (Å²) in [5.41, 5.74) is 1.88. The molecule has 4 rings (SSSR count). The number of anilines is 1. The quantitative estimate of drug-likeness (QED) is 0.255. The lowest BCUT2D eigenvalue weighted by atomic mass is 10.0. The van der Waals surface area contributed by atoms with Gasteiger partial charge in [0.25, 0.3) is 5.91 Å². The van der Waals surface area contributed by atoms with Gasteiger partial charge >= 0.3 is 6.36 Å². The molecule has 0 spiro atoms.